The van der Waals surface area contributed by atoms with Crippen molar-refractivity contribution in [3.63, 3.8) is 0 Å². The second-order valence-corrected chi connectivity index (χ2v) is 6.25. The summed E-state index contributed by atoms with van der Waals surface area (Å²) < 4.78 is 25.1. The minimum absolute atomic E-state index is 0.253. The van der Waals surface area contributed by atoms with Crippen molar-refractivity contribution in [2.75, 3.05) is 32.4 Å². The summed E-state index contributed by atoms with van der Waals surface area (Å²) in [6.45, 7) is 6.46. The standard InChI is InChI=1S/C11H26N2O2S/c1-4-6-7-10-13(3)16(14,15)11-8-9-12-5-2/h12H,4-11H2,1-3H3. The monoisotopic (exact) mass is 250 g/mol. The average molecular weight is 250 g/mol. The molecule has 0 amide bonds. The van der Waals surface area contributed by atoms with Crippen LogP contribution in [0, 0.1) is 0 Å². The van der Waals surface area contributed by atoms with Crippen molar-refractivity contribution < 1.29 is 8.42 Å². The molecule has 0 aromatic carbocycles. The van der Waals surface area contributed by atoms with E-state index in [4.69, 9.17) is 0 Å². The SMILES string of the molecule is CCCCCN(C)S(=O)(=O)CCCNCC. The molecule has 0 aliphatic rings. The Morgan fingerprint density at radius 2 is 1.81 bits per heavy atom. The van der Waals surface area contributed by atoms with Crippen molar-refractivity contribution in [2.24, 2.45) is 0 Å². The Morgan fingerprint density at radius 1 is 1.12 bits per heavy atom. The number of nitrogens with one attached hydrogen (secondary N) is 1. The number of rotatable bonds is 10. The molecule has 0 aromatic rings. The fourth-order valence-electron chi connectivity index (χ4n) is 1.44. The number of unbranched alkanes of at least 4 members (excludes halogenated alkanes) is 2. The van der Waals surface area contributed by atoms with Crippen molar-refractivity contribution in [3.05, 3.63) is 0 Å². The van der Waals surface area contributed by atoms with E-state index in [0.717, 1.165) is 32.4 Å². The molecule has 0 fully saturated rings. The van der Waals surface area contributed by atoms with Gasteiger partial charge < -0.3 is 5.32 Å². The van der Waals surface area contributed by atoms with Crippen LogP contribution < -0.4 is 5.32 Å². The molecule has 0 unspecified atom stereocenters. The topological polar surface area (TPSA) is 49.4 Å². The maximum absolute atomic E-state index is 11.8. The van der Waals surface area contributed by atoms with Crippen molar-refractivity contribution in [1.82, 2.24) is 9.62 Å². The smallest absolute Gasteiger partial charge is 0.213 e. The van der Waals surface area contributed by atoms with Gasteiger partial charge in [-0.25, -0.2) is 12.7 Å². The molecule has 0 saturated heterocycles. The third-order valence-electron chi connectivity index (χ3n) is 2.56. The van der Waals surface area contributed by atoms with Gasteiger partial charge in [-0.2, -0.15) is 0 Å². The highest BCUT2D eigenvalue weighted by Gasteiger charge is 2.16. The van der Waals surface area contributed by atoms with Gasteiger partial charge in [-0.05, 0) is 25.9 Å². The van der Waals surface area contributed by atoms with E-state index in [1.165, 1.54) is 4.31 Å². The summed E-state index contributed by atoms with van der Waals surface area (Å²) >= 11 is 0. The van der Waals surface area contributed by atoms with Gasteiger partial charge in [0.15, 0.2) is 0 Å². The molecule has 4 nitrogen and oxygen atoms in total. The summed E-state index contributed by atoms with van der Waals surface area (Å²) in [4.78, 5) is 0. The largest absolute Gasteiger partial charge is 0.317 e. The van der Waals surface area contributed by atoms with E-state index in [9.17, 15) is 8.42 Å². The maximum atomic E-state index is 11.8. The third-order valence-corrected chi connectivity index (χ3v) is 4.49. The van der Waals surface area contributed by atoms with Crippen molar-refractivity contribution in [3.8, 4) is 0 Å². The minimum Gasteiger partial charge on any atom is -0.317 e. The number of hydrogen-bond acceptors (Lipinski definition) is 3. The lowest BCUT2D eigenvalue weighted by Crippen LogP contribution is -2.31. The highest BCUT2D eigenvalue weighted by Crippen LogP contribution is 2.03. The fraction of sp³-hybridized carbons (Fsp3) is 1.00. The van der Waals surface area contributed by atoms with E-state index in [0.29, 0.717) is 13.0 Å². The van der Waals surface area contributed by atoms with E-state index < -0.39 is 10.0 Å². The van der Waals surface area contributed by atoms with Crippen LogP contribution in [0.5, 0.6) is 0 Å². The molecule has 0 aromatic heterocycles. The summed E-state index contributed by atoms with van der Waals surface area (Å²) in [7, 11) is -1.35. The zero-order valence-electron chi connectivity index (χ0n) is 10.8. The van der Waals surface area contributed by atoms with Crippen LogP contribution in [-0.4, -0.2) is 45.2 Å². The van der Waals surface area contributed by atoms with Crippen LogP contribution in [0.15, 0.2) is 0 Å². The Bertz CT molecular complexity index is 253. The third kappa shape index (κ3) is 7.19. The predicted molar refractivity (Wildman–Crippen MR) is 69.1 cm³/mol. The lowest BCUT2D eigenvalue weighted by molar-refractivity contribution is 0.452. The quantitative estimate of drug-likeness (QED) is 0.597. The Morgan fingerprint density at radius 3 is 2.38 bits per heavy atom. The minimum atomic E-state index is -3.03. The fourth-order valence-corrected chi connectivity index (χ4v) is 2.66. The first-order chi connectivity index (χ1) is 7.54. The molecule has 16 heavy (non-hydrogen) atoms. The van der Waals surface area contributed by atoms with Gasteiger partial charge in [0.2, 0.25) is 10.0 Å². The van der Waals surface area contributed by atoms with Gasteiger partial charge in [-0.15, -0.1) is 0 Å². The van der Waals surface area contributed by atoms with E-state index in [2.05, 4.69) is 12.2 Å². The molecule has 0 aliphatic heterocycles. The Kier molecular flexibility index (Phi) is 8.89. The molecular weight excluding hydrogens is 224 g/mol. The first-order valence-electron chi connectivity index (χ1n) is 6.19. The molecule has 5 heteroatoms. The molecule has 1 N–H and O–H groups in total. The molecule has 98 valence electrons. The summed E-state index contributed by atoms with van der Waals surface area (Å²) in [5, 5.41) is 3.13. The molecule has 0 atom stereocenters. The average Bonchev–Trinajstić information content (AvgIpc) is 2.24. The lowest BCUT2D eigenvalue weighted by atomic mass is 10.2. The lowest BCUT2D eigenvalue weighted by Gasteiger charge is -2.16. The van der Waals surface area contributed by atoms with Gasteiger partial charge in [-0.1, -0.05) is 26.7 Å². The van der Waals surface area contributed by atoms with Crippen molar-refractivity contribution in [1.29, 1.82) is 0 Å². The van der Waals surface area contributed by atoms with Gasteiger partial charge in [0.1, 0.15) is 0 Å². The van der Waals surface area contributed by atoms with Gasteiger partial charge in [0, 0.05) is 13.6 Å². The van der Waals surface area contributed by atoms with E-state index in [1.807, 2.05) is 6.92 Å². The number of nitrogens with zero attached hydrogens (tertiary/aromatic N) is 1. The van der Waals surface area contributed by atoms with Crippen LogP contribution in [0.25, 0.3) is 0 Å². The van der Waals surface area contributed by atoms with E-state index >= 15 is 0 Å². The first-order valence-corrected chi connectivity index (χ1v) is 7.80. The van der Waals surface area contributed by atoms with Crippen LogP contribution in [0.1, 0.15) is 39.5 Å². The summed E-state index contributed by atoms with van der Waals surface area (Å²) in [6, 6.07) is 0. The van der Waals surface area contributed by atoms with Crippen LogP contribution in [0.2, 0.25) is 0 Å². The predicted octanol–water partition coefficient (Wildman–Crippen LogP) is 1.44. The summed E-state index contributed by atoms with van der Waals surface area (Å²) in [5.41, 5.74) is 0. The second-order valence-electron chi connectivity index (χ2n) is 4.05. The second kappa shape index (κ2) is 8.96. The molecule has 0 rings (SSSR count). The molecule has 0 aliphatic carbocycles. The summed E-state index contributed by atoms with van der Waals surface area (Å²) in [6.07, 6.45) is 3.86. The Labute approximate surface area is 100 Å². The van der Waals surface area contributed by atoms with Gasteiger partial charge in [-0.3, -0.25) is 0 Å². The molecule has 0 spiro atoms. The zero-order chi connectivity index (χ0) is 12.4. The molecule has 0 saturated carbocycles. The van der Waals surface area contributed by atoms with Crippen molar-refractivity contribution in [2.45, 2.75) is 39.5 Å². The molecule has 0 heterocycles. The highest BCUT2D eigenvalue weighted by atomic mass is 32.2. The van der Waals surface area contributed by atoms with Crippen molar-refractivity contribution >= 4 is 10.0 Å². The summed E-state index contributed by atoms with van der Waals surface area (Å²) in [5.74, 6) is 0.253. The highest BCUT2D eigenvalue weighted by molar-refractivity contribution is 7.89. The maximum Gasteiger partial charge on any atom is 0.213 e. The molecular formula is C11H26N2O2S. The van der Waals surface area contributed by atoms with Crippen LogP contribution in [0.4, 0.5) is 0 Å². The van der Waals surface area contributed by atoms with Gasteiger partial charge in [0.25, 0.3) is 0 Å². The van der Waals surface area contributed by atoms with Crippen LogP contribution >= 0.6 is 0 Å². The van der Waals surface area contributed by atoms with E-state index in [-0.39, 0.29) is 5.75 Å². The zero-order valence-corrected chi connectivity index (χ0v) is 11.6. The number of hydrogen-bond donors (Lipinski definition) is 1. The van der Waals surface area contributed by atoms with Gasteiger partial charge in [0.05, 0.1) is 5.75 Å². The van der Waals surface area contributed by atoms with Gasteiger partial charge >= 0.3 is 0 Å². The molecule has 0 bridgehead atoms. The Hall–Kier alpha value is -0.130. The first kappa shape index (κ1) is 15.9. The number of sulfonamides is 1. The molecule has 0 radical (unpaired) electrons. The normalized spacial score (nSPS) is 12.2. The van der Waals surface area contributed by atoms with Crippen LogP contribution in [0.3, 0.4) is 0 Å². The van der Waals surface area contributed by atoms with E-state index in [1.54, 1.807) is 7.05 Å². The Balaban J connectivity index is 3.82. The van der Waals surface area contributed by atoms with Crippen LogP contribution in [-0.2, 0) is 10.0 Å².